The van der Waals surface area contributed by atoms with Crippen LogP contribution >= 0.6 is 0 Å². The lowest BCUT2D eigenvalue weighted by molar-refractivity contribution is 0.282. The minimum atomic E-state index is 0.529. The molecule has 0 saturated carbocycles. The maximum absolute atomic E-state index is 4.30. The lowest BCUT2D eigenvalue weighted by atomic mass is 10.3. The van der Waals surface area contributed by atoms with Gasteiger partial charge >= 0.3 is 0 Å². The van der Waals surface area contributed by atoms with E-state index in [1.165, 1.54) is 0 Å². The number of nitrogens with one attached hydrogen (secondary N) is 1. The topological polar surface area (TPSA) is 27.6 Å². The van der Waals surface area contributed by atoms with E-state index in [4.69, 9.17) is 0 Å². The fourth-order valence-corrected chi connectivity index (χ4v) is 0.836. The quantitative estimate of drug-likeness (QED) is 0.499. The van der Waals surface area contributed by atoms with Gasteiger partial charge in [-0.25, -0.2) is 0 Å². The smallest absolute Gasteiger partial charge is 0.0826 e. The molecule has 0 radical (unpaired) electrons. The Morgan fingerprint density at radius 2 is 2.00 bits per heavy atom. The zero-order valence-corrected chi connectivity index (χ0v) is 10.2. The van der Waals surface area contributed by atoms with E-state index in [1.807, 2.05) is 6.34 Å². The molecule has 3 nitrogen and oxygen atoms in total. The Kier molecular flexibility index (Phi) is 7.48. The molecule has 0 aromatic carbocycles. The third-order valence-corrected chi connectivity index (χ3v) is 2.53. The fourth-order valence-electron chi connectivity index (χ4n) is 0.836. The number of likely N-dealkylation sites (N-methyl/N-ethyl adjacent to an activating group) is 1. The molecule has 0 amide bonds. The van der Waals surface area contributed by atoms with Crippen molar-refractivity contribution in [3.8, 4) is 0 Å². The van der Waals surface area contributed by atoms with Crippen molar-refractivity contribution in [2.75, 3.05) is 20.1 Å². The second-order valence-electron chi connectivity index (χ2n) is 4.09. The van der Waals surface area contributed by atoms with Crippen LogP contribution in [0.15, 0.2) is 4.99 Å². The Morgan fingerprint density at radius 3 is 2.50 bits per heavy atom. The molecular formula is C11H25N3. The predicted octanol–water partition coefficient (Wildman–Crippen LogP) is 1.74. The monoisotopic (exact) mass is 199 g/mol. The number of rotatable bonds is 7. The van der Waals surface area contributed by atoms with E-state index in [-0.39, 0.29) is 0 Å². The van der Waals surface area contributed by atoms with E-state index in [0.717, 1.165) is 19.5 Å². The van der Waals surface area contributed by atoms with Gasteiger partial charge in [0.15, 0.2) is 0 Å². The second-order valence-corrected chi connectivity index (χ2v) is 4.09. The van der Waals surface area contributed by atoms with Crippen molar-refractivity contribution in [2.45, 2.75) is 46.2 Å². The van der Waals surface area contributed by atoms with Crippen molar-refractivity contribution in [2.24, 2.45) is 4.99 Å². The summed E-state index contributed by atoms with van der Waals surface area (Å²) in [4.78, 5) is 6.60. The van der Waals surface area contributed by atoms with Gasteiger partial charge in [0, 0.05) is 18.6 Å². The normalized spacial score (nSPS) is 14.2. The van der Waals surface area contributed by atoms with E-state index in [1.54, 1.807) is 0 Å². The van der Waals surface area contributed by atoms with Gasteiger partial charge in [-0.2, -0.15) is 0 Å². The average Bonchev–Trinajstić information content (AvgIpc) is 2.16. The maximum atomic E-state index is 4.30. The van der Waals surface area contributed by atoms with E-state index in [2.05, 4.69) is 50.0 Å². The first-order valence-corrected chi connectivity index (χ1v) is 5.52. The molecule has 84 valence electrons. The van der Waals surface area contributed by atoms with Crippen molar-refractivity contribution in [3.63, 3.8) is 0 Å². The summed E-state index contributed by atoms with van der Waals surface area (Å²) in [5.41, 5.74) is 0. The van der Waals surface area contributed by atoms with Gasteiger partial charge < -0.3 is 10.2 Å². The van der Waals surface area contributed by atoms with Crippen LogP contribution in [0.5, 0.6) is 0 Å². The average molecular weight is 199 g/mol. The molecule has 1 atom stereocenters. The Balaban J connectivity index is 3.44. The molecule has 0 aromatic heterocycles. The Hall–Kier alpha value is -0.570. The molecule has 0 aromatic rings. The lowest BCUT2D eigenvalue weighted by Gasteiger charge is -2.19. The molecule has 14 heavy (non-hydrogen) atoms. The lowest BCUT2D eigenvalue weighted by Crippen LogP contribution is -2.29. The molecule has 0 spiro atoms. The van der Waals surface area contributed by atoms with Crippen LogP contribution in [0.1, 0.15) is 34.1 Å². The van der Waals surface area contributed by atoms with Gasteiger partial charge in [0.2, 0.25) is 0 Å². The summed E-state index contributed by atoms with van der Waals surface area (Å²) in [6.45, 7) is 10.6. The molecule has 3 heteroatoms. The first kappa shape index (κ1) is 13.4. The molecule has 0 fully saturated rings. The first-order valence-electron chi connectivity index (χ1n) is 5.52. The molecule has 0 heterocycles. The molecule has 0 aliphatic heterocycles. The third-order valence-electron chi connectivity index (χ3n) is 2.53. The van der Waals surface area contributed by atoms with E-state index in [9.17, 15) is 0 Å². The van der Waals surface area contributed by atoms with E-state index in [0.29, 0.717) is 12.1 Å². The Bertz CT molecular complexity index is 155. The highest BCUT2D eigenvalue weighted by Crippen LogP contribution is 1.91. The third kappa shape index (κ3) is 6.89. The van der Waals surface area contributed by atoms with Crippen LogP contribution in [0.4, 0.5) is 0 Å². The Labute approximate surface area is 88.6 Å². The van der Waals surface area contributed by atoms with Gasteiger partial charge in [0.25, 0.3) is 0 Å². The highest BCUT2D eigenvalue weighted by atomic mass is 15.1. The number of aliphatic imine (C=N–C) groups is 1. The van der Waals surface area contributed by atoms with Crippen molar-refractivity contribution < 1.29 is 0 Å². The summed E-state index contributed by atoms with van der Waals surface area (Å²) >= 11 is 0. The zero-order valence-electron chi connectivity index (χ0n) is 10.2. The van der Waals surface area contributed by atoms with Crippen LogP contribution in [0.3, 0.4) is 0 Å². The van der Waals surface area contributed by atoms with Crippen molar-refractivity contribution >= 4 is 6.34 Å². The maximum Gasteiger partial charge on any atom is 0.0826 e. The first-order chi connectivity index (χ1) is 6.57. The van der Waals surface area contributed by atoms with Gasteiger partial charge in [-0.1, -0.05) is 6.92 Å². The zero-order chi connectivity index (χ0) is 11.0. The number of hydrogen-bond acceptors (Lipinski definition) is 2. The van der Waals surface area contributed by atoms with E-state index < -0.39 is 0 Å². The molecule has 0 aliphatic rings. The summed E-state index contributed by atoms with van der Waals surface area (Å²) < 4.78 is 0. The molecule has 1 unspecified atom stereocenters. The molecule has 0 rings (SSSR count). The Morgan fingerprint density at radius 1 is 1.36 bits per heavy atom. The molecule has 0 aliphatic carbocycles. The summed E-state index contributed by atoms with van der Waals surface area (Å²) in [6, 6.07) is 1.13. The summed E-state index contributed by atoms with van der Waals surface area (Å²) in [5.74, 6) is 0. The molecule has 0 saturated heterocycles. The largest absolute Gasteiger partial charge is 0.374 e. The summed E-state index contributed by atoms with van der Waals surface area (Å²) in [7, 11) is 2.13. The number of nitrogens with zero attached hydrogens (tertiary/aromatic N) is 2. The van der Waals surface area contributed by atoms with Crippen molar-refractivity contribution in [1.82, 2.24) is 10.2 Å². The highest BCUT2D eigenvalue weighted by molar-refractivity contribution is 5.54. The van der Waals surface area contributed by atoms with Crippen LogP contribution in [-0.2, 0) is 0 Å². The predicted molar refractivity (Wildman–Crippen MR) is 64.0 cm³/mol. The number of hydrogen-bond donors (Lipinski definition) is 1. The minimum absolute atomic E-state index is 0.529. The minimum Gasteiger partial charge on any atom is -0.374 e. The SMILES string of the molecule is CCC(C)NC=NCCN(C)C(C)C. The van der Waals surface area contributed by atoms with Crippen LogP contribution in [-0.4, -0.2) is 43.5 Å². The van der Waals surface area contributed by atoms with Crippen LogP contribution in [0, 0.1) is 0 Å². The van der Waals surface area contributed by atoms with Gasteiger partial charge in [0.1, 0.15) is 0 Å². The van der Waals surface area contributed by atoms with Crippen LogP contribution < -0.4 is 5.32 Å². The van der Waals surface area contributed by atoms with Gasteiger partial charge in [-0.15, -0.1) is 0 Å². The van der Waals surface area contributed by atoms with Crippen LogP contribution in [0.25, 0.3) is 0 Å². The van der Waals surface area contributed by atoms with E-state index >= 15 is 0 Å². The van der Waals surface area contributed by atoms with Gasteiger partial charge in [0.05, 0.1) is 12.9 Å². The summed E-state index contributed by atoms with van der Waals surface area (Å²) in [5, 5.41) is 3.23. The highest BCUT2D eigenvalue weighted by Gasteiger charge is 2.00. The van der Waals surface area contributed by atoms with Gasteiger partial charge in [-0.3, -0.25) is 4.99 Å². The molecule has 0 bridgehead atoms. The van der Waals surface area contributed by atoms with Crippen molar-refractivity contribution in [1.29, 1.82) is 0 Å². The standard InChI is InChI=1S/C11H25N3/c1-6-11(4)13-9-12-7-8-14(5)10(2)3/h9-11H,6-8H2,1-5H3,(H,12,13). The molecular weight excluding hydrogens is 174 g/mol. The summed E-state index contributed by atoms with van der Waals surface area (Å²) in [6.07, 6.45) is 2.97. The van der Waals surface area contributed by atoms with Gasteiger partial charge in [-0.05, 0) is 34.2 Å². The fraction of sp³-hybridized carbons (Fsp3) is 0.909. The van der Waals surface area contributed by atoms with Crippen LogP contribution in [0.2, 0.25) is 0 Å². The second kappa shape index (κ2) is 7.80. The molecule has 1 N–H and O–H groups in total. The van der Waals surface area contributed by atoms with Crippen molar-refractivity contribution in [3.05, 3.63) is 0 Å².